The molecule has 1 saturated heterocycles. The molecule has 1 aromatic carbocycles. The molecule has 9 heteroatoms. The molecule has 1 fully saturated rings. The maximum atomic E-state index is 13.6. The van der Waals surface area contributed by atoms with Gasteiger partial charge in [-0.05, 0) is 25.1 Å². The highest BCUT2D eigenvalue weighted by Gasteiger charge is 2.33. The molecule has 0 amide bonds. The lowest BCUT2D eigenvalue weighted by Crippen LogP contribution is -2.44. The number of carbonyl (C=O) groups is 1. The van der Waals surface area contributed by atoms with Crippen molar-refractivity contribution in [2.45, 2.75) is 19.4 Å². The van der Waals surface area contributed by atoms with Crippen LogP contribution in [0.2, 0.25) is 0 Å². The van der Waals surface area contributed by atoms with Crippen LogP contribution in [0.1, 0.15) is 30.7 Å². The highest BCUT2D eigenvalue weighted by atomic mass is 32.1. The molecule has 5 rings (SSSR count). The zero-order valence-electron chi connectivity index (χ0n) is 20.1. The van der Waals surface area contributed by atoms with Gasteiger partial charge in [0, 0.05) is 38.3 Å². The largest absolute Gasteiger partial charge is 0.466 e. The Balaban J connectivity index is 1.60. The molecule has 2 aromatic heterocycles. The van der Waals surface area contributed by atoms with E-state index >= 15 is 0 Å². The number of ether oxygens (including phenoxy) is 1. The van der Waals surface area contributed by atoms with Crippen molar-refractivity contribution in [3.63, 3.8) is 0 Å². The first kappa shape index (κ1) is 23.3. The van der Waals surface area contributed by atoms with Crippen LogP contribution in [0.5, 0.6) is 0 Å². The number of likely N-dealkylation sites (N-methyl/N-ethyl adjacent to an activating group) is 1. The van der Waals surface area contributed by atoms with E-state index in [4.69, 9.17) is 14.1 Å². The number of hydrogen-bond donors (Lipinski definition) is 0. The minimum absolute atomic E-state index is 0.211. The average molecular weight is 493 g/mol. The molecule has 2 aliphatic rings. The van der Waals surface area contributed by atoms with E-state index in [-0.39, 0.29) is 5.56 Å². The second kappa shape index (κ2) is 9.67. The van der Waals surface area contributed by atoms with Crippen LogP contribution in [0.4, 0.5) is 5.88 Å². The Hall–Kier alpha value is -3.43. The minimum atomic E-state index is -0.602. The molecule has 35 heavy (non-hydrogen) atoms. The molecule has 3 aromatic rings. The number of esters is 1. The first-order valence-corrected chi connectivity index (χ1v) is 12.5. The lowest BCUT2D eigenvalue weighted by atomic mass is 9.95. The van der Waals surface area contributed by atoms with E-state index in [0.29, 0.717) is 32.8 Å². The second-order valence-electron chi connectivity index (χ2n) is 8.67. The van der Waals surface area contributed by atoms with Crippen molar-refractivity contribution in [1.82, 2.24) is 9.47 Å². The number of fused-ring (bicyclic) bond motifs is 1. The van der Waals surface area contributed by atoms with Crippen LogP contribution in [-0.4, -0.2) is 55.8 Å². The van der Waals surface area contributed by atoms with E-state index in [1.807, 2.05) is 49.4 Å². The molecule has 1 atom stereocenters. The number of furan rings is 1. The zero-order valence-corrected chi connectivity index (χ0v) is 20.9. The molecule has 0 radical (unpaired) electrons. The van der Waals surface area contributed by atoms with Gasteiger partial charge in [0.2, 0.25) is 0 Å². The van der Waals surface area contributed by atoms with Gasteiger partial charge in [0.05, 0.1) is 29.0 Å². The SMILES string of the molecule is CCC1=C(C(=O)OC)[C@@H](c2ccccc2)n2c(s/c(=C\c3ccc(N4CCN(C)CC4)o3)c2=O)=N1. The van der Waals surface area contributed by atoms with Crippen LogP contribution in [0.3, 0.4) is 0 Å². The van der Waals surface area contributed by atoms with Gasteiger partial charge in [0.15, 0.2) is 10.7 Å². The summed E-state index contributed by atoms with van der Waals surface area (Å²) in [4.78, 5) is 36.2. The minimum Gasteiger partial charge on any atom is -0.466 e. The van der Waals surface area contributed by atoms with Crippen molar-refractivity contribution < 1.29 is 13.9 Å². The number of allylic oxidation sites excluding steroid dienone is 1. The normalized spacial score (nSPS) is 19.0. The van der Waals surface area contributed by atoms with E-state index in [2.05, 4.69) is 16.8 Å². The number of rotatable bonds is 5. The third-order valence-electron chi connectivity index (χ3n) is 6.47. The van der Waals surface area contributed by atoms with E-state index < -0.39 is 12.0 Å². The van der Waals surface area contributed by atoms with E-state index in [0.717, 1.165) is 37.6 Å². The van der Waals surface area contributed by atoms with Gasteiger partial charge >= 0.3 is 5.97 Å². The molecule has 0 spiro atoms. The van der Waals surface area contributed by atoms with Crippen LogP contribution in [0.15, 0.2) is 67.9 Å². The van der Waals surface area contributed by atoms with Gasteiger partial charge in [-0.3, -0.25) is 9.36 Å². The Labute approximate surface area is 207 Å². The first-order valence-electron chi connectivity index (χ1n) is 11.7. The van der Waals surface area contributed by atoms with Crippen LogP contribution >= 0.6 is 11.3 Å². The fourth-order valence-corrected chi connectivity index (χ4v) is 5.56. The Morgan fingerprint density at radius 1 is 1.17 bits per heavy atom. The van der Waals surface area contributed by atoms with Gasteiger partial charge in [-0.25, -0.2) is 9.79 Å². The maximum absolute atomic E-state index is 13.6. The van der Waals surface area contributed by atoms with E-state index in [1.54, 1.807) is 10.6 Å². The Bertz CT molecular complexity index is 1440. The number of methoxy groups -OCH3 is 1. The Morgan fingerprint density at radius 2 is 1.91 bits per heavy atom. The third kappa shape index (κ3) is 4.37. The van der Waals surface area contributed by atoms with Crippen molar-refractivity contribution in [3.05, 3.63) is 84.7 Å². The number of thiazole rings is 1. The number of piperazine rings is 1. The first-order chi connectivity index (χ1) is 17.0. The van der Waals surface area contributed by atoms with Crippen molar-refractivity contribution in [2.24, 2.45) is 4.99 Å². The molecule has 182 valence electrons. The van der Waals surface area contributed by atoms with Crippen LogP contribution in [0, 0.1) is 0 Å². The quantitative estimate of drug-likeness (QED) is 0.508. The number of aromatic nitrogens is 1. The summed E-state index contributed by atoms with van der Waals surface area (Å²) in [5, 5.41) is 0. The molecule has 8 nitrogen and oxygen atoms in total. The van der Waals surface area contributed by atoms with Gasteiger partial charge in [-0.1, -0.05) is 48.6 Å². The number of nitrogens with zero attached hydrogens (tertiary/aromatic N) is 4. The smallest absolute Gasteiger partial charge is 0.338 e. The summed E-state index contributed by atoms with van der Waals surface area (Å²) >= 11 is 1.30. The second-order valence-corrected chi connectivity index (χ2v) is 9.67. The van der Waals surface area contributed by atoms with E-state index in [1.165, 1.54) is 18.4 Å². The number of hydrogen-bond acceptors (Lipinski definition) is 8. The molecule has 0 unspecified atom stereocenters. The number of anilines is 1. The molecular formula is C26H28N4O4S. The Morgan fingerprint density at radius 3 is 2.60 bits per heavy atom. The van der Waals surface area contributed by atoms with Crippen molar-refractivity contribution in [1.29, 1.82) is 0 Å². The molecule has 2 aliphatic heterocycles. The fourth-order valence-electron chi connectivity index (χ4n) is 4.56. The lowest BCUT2D eigenvalue weighted by molar-refractivity contribution is -0.136. The van der Waals surface area contributed by atoms with Gasteiger partial charge < -0.3 is 19.0 Å². The monoisotopic (exact) mass is 492 g/mol. The molecular weight excluding hydrogens is 464 g/mol. The highest BCUT2D eigenvalue weighted by Crippen LogP contribution is 2.31. The summed E-state index contributed by atoms with van der Waals surface area (Å²) in [5.41, 5.74) is 1.65. The van der Waals surface area contributed by atoms with Crippen molar-refractivity contribution >= 4 is 29.3 Å². The standard InChI is InChI=1S/C26H28N4O4S/c1-4-19-22(25(32)33-3)23(17-8-6-5-7-9-17)30-24(31)20(35-26(30)27-19)16-18-10-11-21(34-18)29-14-12-28(2)13-15-29/h5-11,16,23H,4,12-15H2,1-3H3/b20-16-/t23-/m1/s1. The predicted octanol–water partition coefficient (Wildman–Crippen LogP) is 2.14. The summed E-state index contributed by atoms with van der Waals surface area (Å²) in [6.07, 6.45) is 2.31. The van der Waals surface area contributed by atoms with Crippen LogP contribution in [0.25, 0.3) is 6.08 Å². The molecule has 0 aliphatic carbocycles. The van der Waals surface area contributed by atoms with Crippen molar-refractivity contribution in [3.8, 4) is 0 Å². The molecule has 0 saturated carbocycles. The topological polar surface area (TPSA) is 80.3 Å². The zero-order chi connectivity index (χ0) is 24.5. The van der Waals surface area contributed by atoms with Gasteiger partial charge in [-0.2, -0.15) is 0 Å². The van der Waals surface area contributed by atoms with Crippen LogP contribution in [-0.2, 0) is 9.53 Å². The van der Waals surface area contributed by atoms with Gasteiger partial charge in [-0.15, -0.1) is 0 Å². The molecule has 0 N–H and O–H groups in total. The van der Waals surface area contributed by atoms with Gasteiger partial charge in [0.1, 0.15) is 5.76 Å². The van der Waals surface area contributed by atoms with Crippen molar-refractivity contribution in [2.75, 3.05) is 45.2 Å². The summed E-state index contributed by atoms with van der Waals surface area (Å²) in [7, 11) is 3.47. The fraction of sp³-hybridized carbons (Fsp3) is 0.346. The average Bonchev–Trinajstić information content (AvgIpc) is 3.48. The summed E-state index contributed by atoms with van der Waals surface area (Å²) in [6, 6.07) is 12.8. The number of benzene rings is 1. The predicted molar refractivity (Wildman–Crippen MR) is 135 cm³/mol. The molecule has 4 heterocycles. The lowest BCUT2D eigenvalue weighted by Gasteiger charge is -2.32. The Kier molecular flexibility index (Phi) is 6.44. The van der Waals surface area contributed by atoms with Gasteiger partial charge in [0.25, 0.3) is 5.56 Å². The third-order valence-corrected chi connectivity index (χ3v) is 7.45. The maximum Gasteiger partial charge on any atom is 0.338 e. The van der Waals surface area contributed by atoms with E-state index in [9.17, 15) is 9.59 Å². The summed E-state index contributed by atoms with van der Waals surface area (Å²) < 4.78 is 13.3. The molecule has 0 bridgehead atoms. The summed E-state index contributed by atoms with van der Waals surface area (Å²) in [5.74, 6) is 0.945. The highest BCUT2D eigenvalue weighted by molar-refractivity contribution is 7.07. The van der Waals surface area contributed by atoms with Crippen LogP contribution < -0.4 is 19.8 Å². The number of carbonyl (C=O) groups excluding carboxylic acids is 1. The summed E-state index contributed by atoms with van der Waals surface area (Å²) in [6.45, 7) is 5.71.